The zero-order chi connectivity index (χ0) is 22.6. The largest absolute Gasteiger partial charge is 0.508 e. The van der Waals surface area contributed by atoms with E-state index in [9.17, 15) is 14.7 Å². The van der Waals surface area contributed by atoms with E-state index < -0.39 is 5.60 Å². The van der Waals surface area contributed by atoms with E-state index in [1.54, 1.807) is 28.9 Å². The van der Waals surface area contributed by atoms with Crippen LogP contribution in [-0.2, 0) is 24.2 Å². The Kier molecular flexibility index (Phi) is 6.63. The number of carbonyl (C=O) groups excluding carboxylic acids is 1. The van der Waals surface area contributed by atoms with Crippen molar-refractivity contribution < 1.29 is 14.6 Å². The summed E-state index contributed by atoms with van der Waals surface area (Å²) in [5.41, 5.74) is 2.08. The monoisotopic (exact) mass is 423 g/mol. The molecule has 31 heavy (non-hydrogen) atoms. The van der Waals surface area contributed by atoms with Crippen molar-refractivity contribution in [1.29, 1.82) is 0 Å². The molecule has 1 N–H and O–H groups in total. The Balaban J connectivity index is 1.55. The van der Waals surface area contributed by atoms with Gasteiger partial charge in [0.1, 0.15) is 11.4 Å². The van der Waals surface area contributed by atoms with Crippen LogP contribution >= 0.6 is 0 Å². The molecule has 1 amide bonds. The summed E-state index contributed by atoms with van der Waals surface area (Å²) in [4.78, 5) is 30.5. The second-order valence-corrected chi connectivity index (χ2v) is 8.70. The predicted octanol–water partition coefficient (Wildman–Crippen LogP) is 4.10. The van der Waals surface area contributed by atoms with Gasteiger partial charge in [0, 0.05) is 20.1 Å². The standard InChI is InChI=1S/C24H29N3O4/c1-24(2,3)31-23(30)26(4)15-18-9-7-17(8-10-18)6-5-13-27-16-25-21-12-11-19(28)14-20(21)22(27)29/h7-12,14,16,28H,5-6,13,15H2,1-4H3. The van der Waals surface area contributed by atoms with Crippen LogP contribution in [0.5, 0.6) is 5.75 Å². The van der Waals surface area contributed by atoms with Crippen LogP contribution in [-0.4, -0.2) is 38.3 Å². The first-order valence-electron chi connectivity index (χ1n) is 10.3. The van der Waals surface area contributed by atoms with Crippen molar-refractivity contribution in [2.75, 3.05) is 7.05 Å². The first-order valence-corrected chi connectivity index (χ1v) is 10.3. The molecule has 0 atom stereocenters. The predicted molar refractivity (Wildman–Crippen MR) is 120 cm³/mol. The van der Waals surface area contributed by atoms with Crippen LogP contribution in [0.4, 0.5) is 4.79 Å². The van der Waals surface area contributed by atoms with Crippen LogP contribution < -0.4 is 5.56 Å². The van der Waals surface area contributed by atoms with Gasteiger partial charge in [0.2, 0.25) is 0 Å². The first kappa shape index (κ1) is 22.3. The summed E-state index contributed by atoms with van der Waals surface area (Å²) < 4.78 is 6.95. The van der Waals surface area contributed by atoms with Gasteiger partial charge in [-0.2, -0.15) is 0 Å². The minimum atomic E-state index is -0.516. The van der Waals surface area contributed by atoms with E-state index in [4.69, 9.17) is 4.74 Å². The minimum absolute atomic E-state index is 0.0570. The van der Waals surface area contributed by atoms with Crippen LogP contribution in [0.25, 0.3) is 10.9 Å². The summed E-state index contributed by atoms with van der Waals surface area (Å²) in [6.45, 7) is 6.55. The zero-order valence-electron chi connectivity index (χ0n) is 18.5. The molecule has 0 bridgehead atoms. The van der Waals surface area contributed by atoms with Crippen LogP contribution in [0.3, 0.4) is 0 Å². The van der Waals surface area contributed by atoms with Crippen LogP contribution in [0.2, 0.25) is 0 Å². The molecule has 0 aliphatic heterocycles. The SMILES string of the molecule is CN(Cc1ccc(CCCn2cnc3ccc(O)cc3c2=O)cc1)C(=O)OC(C)(C)C. The number of ether oxygens (including phenoxy) is 1. The number of aryl methyl sites for hydroxylation is 2. The van der Waals surface area contributed by atoms with Crippen molar-refractivity contribution in [3.8, 4) is 5.75 Å². The summed E-state index contributed by atoms with van der Waals surface area (Å²) in [6, 6.07) is 12.7. The fourth-order valence-corrected chi connectivity index (χ4v) is 3.25. The van der Waals surface area contributed by atoms with Gasteiger partial charge in [0.05, 0.1) is 17.2 Å². The molecule has 7 heteroatoms. The maximum absolute atomic E-state index is 12.6. The lowest BCUT2D eigenvalue weighted by Gasteiger charge is -2.24. The number of rotatable bonds is 6. The van der Waals surface area contributed by atoms with Gasteiger partial charge < -0.3 is 14.7 Å². The molecule has 0 radical (unpaired) electrons. The van der Waals surface area contributed by atoms with E-state index in [1.807, 2.05) is 45.0 Å². The van der Waals surface area contributed by atoms with E-state index in [1.165, 1.54) is 12.1 Å². The second-order valence-electron chi connectivity index (χ2n) is 8.70. The highest BCUT2D eigenvalue weighted by Gasteiger charge is 2.19. The van der Waals surface area contributed by atoms with Crippen molar-refractivity contribution in [1.82, 2.24) is 14.5 Å². The van der Waals surface area contributed by atoms with Crippen molar-refractivity contribution in [3.05, 3.63) is 70.3 Å². The fourth-order valence-electron chi connectivity index (χ4n) is 3.25. The van der Waals surface area contributed by atoms with Gasteiger partial charge in [-0.1, -0.05) is 24.3 Å². The molecule has 2 aromatic carbocycles. The number of phenols is 1. The van der Waals surface area contributed by atoms with Gasteiger partial charge in [0.15, 0.2) is 0 Å². The Hall–Kier alpha value is -3.35. The van der Waals surface area contributed by atoms with E-state index in [-0.39, 0.29) is 17.4 Å². The normalized spacial score (nSPS) is 11.5. The third-order valence-electron chi connectivity index (χ3n) is 4.82. The molecule has 0 unspecified atom stereocenters. The molecular formula is C24H29N3O4. The van der Waals surface area contributed by atoms with Gasteiger partial charge in [-0.25, -0.2) is 9.78 Å². The summed E-state index contributed by atoms with van der Waals surface area (Å²) in [6.07, 6.45) is 2.80. The molecule has 1 aromatic heterocycles. The lowest BCUT2D eigenvalue weighted by atomic mass is 10.1. The van der Waals surface area contributed by atoms with Crippen molar-refractivity contribution >= 4 is 17.0 Å². The molecule has 0 saturated heterocycles. The number of amides is 1. The van der Waals surface area contributed by atoms with Crippen LogP contribution in [0.15, 0.2) is 53.6 Å². The Labute approximate surface area is 181 Å². The summed E-state index contributed by atoms with van der Waals surface area (Å²) in [5, 5.41) is 10.0. The number of nitrogens with zero attached hydrogens (tertiary/aromatic N) is 3. The van der Waals surface area contributed by atoms with Crippen LogP contribution in [0, 0.1) is 0 Å². The first-order chi connectivity index (χ1) is 14.6. The molecule has 0 aliphatic carbocycles. The maximum atomic E-state index is 12.6. The number of phenolic OH excluding ortho intramolecular Hbond substituents is 1. The molecule has 164 valence electrons. The molecular weight excluding hydrogens is 394 g/mol. The third-order valence-corrected chi connectivity index (χ3v) is 4.82. The lowest BCUT2D eigenvalue weighted by Crippen LogP contribution is -2.33. The van der Waals surface area contributed by atoms with Gasteiger partial charge >= 0.3 is 6.09 Å². The number of hydrogen-bond donors (Lipinski definition) is 1. The molecule has 0 aliphatic rings. The molecule has 3 rings (SSSR count). The fraction of sp³-hybridized carbons (Fsp3) is 0.375. The van der Waals surface area contributed by atoms with Gasteiger partial charge in [-0.15, -0.1) is 0 Å². The number of benzene rings is 2. The average Bonchev–Trinajstić information content (AvgIpc) is 2.70. The molecule has 0 spiro atoms. The highest BCUT2D eigenvalue weighted by molar-refractivity contribution is 5.78. The van der Waals surface area contributed by atoms with E-state index in [2.05, 4.69) is 4.98 Å². The van der Waals surface area contributed by atoms with Crippen molar-refractivity contribution in [2.45, 2.75) is 52.3 Å². The Morgan fingerprint density at radius 1 is 1.13 bits per heavy atom. The third kappa shape index (κ3) is 6.07. The zero-order valence-corrected chi connectivity index (χ0v) is 18.5. The molecule has 7 nitrogen and oxygen atoms in total. The number of hydrogen-bond acceptors (Lipinski definition) is 5. The van der Waals surface area contributed by atoms with E-state index in [0.29, 0.717) is 24.0 Å². The van der Waals surface area contributed by atoms with Gasteiger partial charge in [-0.05, 0) is 62.9 Å². The quantitative estimate of drug-likeness (QED) is 0.645. The number of aromatic nitrogens is 2. The van der Waals surface area contributed by atoms with Crippen LogP contribution in [0.1, 0.15) is 38.3 Å². The Bertz CT molecular complexity index is 1110. The summed E-state index contributed by atoms with van der Waals surface area (Å²) >= 11 is 0. The number of carbonyl (C=O) groups is 1. The van der Waals surface area contributed by atoms with E-state index >= 15 is 0 Å². The highest BCUT2D eigenvalue weighted by atomic mass is 16.6. The molecule has 1 heterocycles. The van der Waals surface area contributed by atoms with Crippen molar-refractivity contribution in [3.63, 3.8) is 0 Å². The Morgan fingerprint density at radius 2 is 1.81 bits per heavy atom. The minimum Gasteiger partial charge on any atom is -0.508 e. The summed E-state index contributed by atoms with van der Waals surface area (Å²) in [5.74, 6) is 0.0570. The molecule has 3 aromatic rings. The molecule has 0 saturated carbocycles. The smallest absolute Gasteiger partial charge is 0.410 e. The lowest BCUT2D eigenvalue weighted by molar-refractivity contribution is 0.0285. The van der Waals surface area contributed by atoms with Gasteiger partial charge in [0.25, 0.3) is 5.56 Å². The number of fused-ring (bicyclic) bond motifs is 1. The maximum Gasteiger partial charge on any atom is 0.410 e. The Morgan fingerprint density at radius 3 is 2.48 bits per heavy atom. The van der Waals surface area contributed by atoms with Gasteiger partial charge in [-0.3, -0.25) is 9.36 Å². The highest BCUT2D eigenvalue weighted by Crippen LogP contribution is 2.15. The topological polar surface area (TPSA) is 84.7 Å². The average molecular weight is 424 g/mol. The second kappa shape index (κ2) is 9.20. The molecule has 0 fully saturated rings. The van der Waals surface area contributed by atoms with E-state index in [0.717, 1.165) is 24.0 Å². The number of aromatic hydroxyl groups is 1. The summed E-state index contributed by atoms with van der Waals surface area (Å²) in [7, 11) is 1.72. The van der Waals surface area contributed by atoms with Crippen molar-refractivity contribution in [2.24, 2.45) is 0 Å².